The molecule has 2 aliphatic heterocycles. The van der Waals surface area contributed by atoms with E-state index < -0.39 is 6.04 Å². The van der Waals surface area contributed by atoms with Crippen molar-refractivity contribution in [1.82, 2.24) is 9.80 Å². The van der Waals surface area contributed by atoms with Crippen molar-refractivity contribution < 1.29 is 23.8 Å². The molecule has 2 aliphatic rings. The topological polar surface area (TPSA) is 80.3 Å². The normalized spacial score (nSPS) is 21.0. The van der Waals surface area contributed by atoms with Crippen molar-refractivity contribution in [1.29, 1.82) is 0 Å². The van der Waals surface area contributed by atoms with Gasteiger partial charge in [-0.2, -0.15) is 0 Å². The summed E-state index contributed by atoms with van der Waals surface area (Å²) < 4.78 is 16.3. The lowest BCUT2D eigenvalue weighted by molar-refractivity contribution is -0.126. The highest BCUT2D eigenvalue weighted by molar-refractivity contribution is 6.01. The fourth-order valence-electron chi connectivity index (χ4n) is 3.75. The predicted molar refractivity (Wildman–Crippen MR) is 110 cm³/mol. The lowest BCUT2D eigenvalue weighted by atomic mass is 9.98. The van der Waals surface area contributed by atoms with E-state index in [9.17, 15) is 9.59 Å². The van der Waals surface area contributed by atoms with E-state index in [1.165, 1.54) is 14.2 Å². The number of anilines is 1. The van der Waals surface area contributed by atoms with Crippen molar-refractivity contribution in [2.24, 2.45) is 5.92 Å². The van der Waals surface area contributed by atoms with E-state index in [0.717, 1.165) is 25.9 Å². The molecule has 1 atom stereocenters. The Morgan fingerprint density at radius 3 is 2.48 bits per heavy atom. The van der Waals surface area contributed by atoms with Crippen molar-refractivity contribution in [2.45, 2.75) is 25.8 Å². The number of likely N-dealkylation sites (N-methyl/N-ethyl adjacent to an activating group) is 1. The van der Waals surface area contributed by atoms with Gasteiger partial charge in [0, 0.05) is 25.2 Å². The van der Waals surface area contributed by atoms with Gasteiger partial charge in [-0.05, 0) is 37.9 Å². The number of benzene rings is 1. The zero-order valence-corrected chi connectivity index (χ0v) is 17.7. The summed E-state index contributed by atoms with van der Waals surface area (Å²) in [6.45, 7) is 5.30. The van der Waals surface area contributed by atoms with Crippen molar-refractivity contribution in [3.05, 3.63) is 17.7 Å². The van der Waals surface area contributed by atoms with Crippen LogP contribution in [0, 0.1) is 5.92 Å². The van der Waals surface area contributed by atoms with Gasteiger partial charge in [-0.3, -0.25) is 14.5 Å². The van der Waals surface area contributed by atoms with E-state index in [2.05, 4.69) is 12.2 Å². The van der Waals surface area contributed by atoms with Crippen LogP contribution in [0.2, 0.25) is 0 Å². The third kappa shape index (κ3) is 4.82. The van der Waals surface area contributed by atoms with Crippen LogP contribution in [0.3, 0.4) is 0 Å². The highest BCUT2D eigenvalue weighted by Gasteiger charge is 2.29. The highest BCUT2D eigenvalue weighted by atomic mass is 16.5. The van der Waals surface area contributed by atoms with Crippen LogP contribution in [0.4, 0.5) is 5.69 Å². The smallest absolute Gasteiger partial charge is 0.254 e. The molecule has 2 amide bonds. The van der Waals surface area contributed by atoms with E-state index in [0.29, 0.717) is 48.4 Å². The van der Waals surface area contributed by atoms with Crippen molar-refractivity contribution in [3.63, 3.8) is 0 Å². The second-order valence-corrected chi connectivity index (χ2v) is 7.79. The van der Waals surface area contributed by atoms with Crippen LogP contribution < -0.4 is 14.8 Å². The first-order valence-corrected chi connectivity index (χ1v) is 10.1. The fraction of sp³-hybridized carbons (Fsp3) is 0.619. The Balaban J connectivity index is 1.86. The second kappa shape index (κ2) is 9.45. The molecule has 8 nitrogen and oxygen atoms in total. The molecule has 3 rings (SSSR count). The molecule has 2 fully saturated rings. The molecule has 29 heavy (non-hydrogen) atoms. The number of hydrogen-bond donors (Lipinski definition) is 1. The Morgan fingerprint density at radius 1 is 1.14 bits per heavy atom. The number of nitrogens with one attached hydrogen (secondary N) is 1. The van der Waals surface area contributed by atoms with Gasteiger partial charge in [0.1, 0.15) is 6.04 Å². The third-order valence-corrected chi connectivity index (χ3v) is 5.75. The second-order valence-electron chi connectivity index (χ2n) is 7.79. The van der Waals surface area contributed by atoms with Crippen LogP contribution in [-0.2, 0) is 9.53 Å². The minimum absolute atomic E-state index is 0.0635. The largest absolute Gasteiger partial charge is 0.493 e. The number of hydrogen-bond acceptors (Lipinski definition) is 6. The molecule has 0 saturated carbocycles. The molecule has 160 valence electrons. The van der Waals surface area contributed by atoms with Gasteiger partial charge in [0.2, 0.25) is 5.91 Å². The number of methoxy groups -OCH3 is 2. The summed E-state index contributed by atoms with van der Waals surface area (Å²) in [5, 5.41) is 2.91. The van der Waals surface area contributed by atoms with Gasteiger partial charge in [0.15, 0.2) is 11.5 Å². The summed E-state index contributed by atoms with van der Waals surface area (Å²) in [5.41, 5.74) is 0.894. The molecule has 1 aromatic rings. The van der Waals surface area contributed by atoms with Crippen LogP contribution in [0.15, 0.2) is 12.1 Å². The molecule has 0 aromatic heterocycles. The zero-order valence-electron chi connectivity index (χ0n) is 17.7. The number of nitrogens with zero attached hydrogens (tertiary/aromatic N) is 2. The van der Waals surface area contributed by atoms with Crippen LogP contribution in [-0.4, -0.2) is 81.8 Å². The molecule has 2 saturated heterocycles. The Morgan fingerprint density at radius 2 is 1.86 bits per heavy atom. The summed E-state index contributed by atoms with van der Waals surface area (Å²) in [7, 11) is 4.92. The molecular weight excluding hydrogens is 374 g/mol. The number of rotatable bonds is 5. The first kappa shape index (κ1) is 21.4. The molecule has 0 spiro atoms. The van der Waals surface area contributed by atoms with Gasteiger partial charge in [0.05, 0.1) is 33.1 Å². The Bertz CT molecular complexity index is 746. The SMILES string of the molecule is COc1cc(C(=O)N2CCC(C)CC2)cc(NC(=O)[C@H]2COCCN2C)c1OC. The number of carbonyl (C=O) groups is 2. The third-order valence-electron chi connectivity index (χ3n) is 5.75. The van der Waals surface area contributed by atoms with E-state index >= 15 is 0 Å². The van der Waals surface area contributed by atoms with Gasteiger partial charge >= 0.3 is 0 Å². The Hall–Kier alpha value is -2.32. The lowest BCUT2D eigenvalue weighted by Gasteiger charge is -2.32. The van der Waals surface area contributed by atoms with E-state index in [-0.39, 0.29) is 11.8 Å². The minimum atomic E-state index is -0.401. The van der Waals surface area contributed by atoms with E-state index in [4.69, 9.17) is 14.2 Å². The number of carbonyl (C=O) groups excluding carboxylic acids is 2. The predicted octanol–water partition coefficient (Wildman–Crippen LogP) is 1.84. The average molecular weight is 405 g/mol. The molecule has 8 heteroatoms. The maximum Gasteiger partial charge on any atom is 0.254 e. The summed E-state index contributed by atoms with van der Waals surface area (Å²) in [6.07, 6.45) is 1.99. The standard InChI is InChI=1S/C21H31N3O5/c1-14-5-7-24(8-6-14)21(26)15-11-16(19(28-4)18(12-15)27-3)22-20(25)17-13-29-10-9-23(17)2/h11-12,14,17H,5-10,13H2,1-4H3,(H,22,25)/t17-/m1/s1. The van der Waals surface area contributed by atoms with E-state index in [1.54, 1.807) is 12.1 Å². The zero-order chi connectivity index (χ0) is 21.0. The quantitative estimate of drug-likeness (QED) is 0.805. The molecule has 0 unspecified atom stereocenters. The highest BCUT2D eigenvalue weighted by Crippen LogP contribution is 2.37. The van der Waals surface area contributed by atoms with Gasteiger partial charge in [-0.1, -0.05) is 6.92 Å². The number of amides is 2. The molecule has 0 radical (unpaired) electrons. The summed E-state index contributed by atoms with van der Waals surface area (Å²) in [5.74, 6) is 1.17. The van der Waals surface area contributed by atoms with Crippen LogP contribution in [0.1, 0.15) is 30.1 Å². The number of likely N-dealkylation sites (tertiary alicyclic amines) is 1. The molecule has 1 N–H and O–H groups in total. The number of piperidine rings is 1. The maximum atomic E-state index is 13.1. The monoisotopic (exact) mass is 405 g/mol. The van der Waals surface area contributed by atoms with Crippen molar-refractivity contribution in [3.8, 4) is 11.5 Å². The van der Waals surface area contributed by atoms with Crippen LogP contribution in [0.25, 0.3) is 0 Å². The van der Waals surface area contributed by atoms with Crippen LogP contribution in [0.5, 0.6) is 11.5 Å². The van der Waals surface area contributed by atoms with Crippen molar-refractivity contribution in [2.75, 3.05) is 59.4 Å². The molecular formula is C21H31N3O5. The van der Waals surface area contributed by atoms with Gasteiger partial charge in [-0.15, -0.1) is 0 Å². The average Bonchev–Trinajstić information content (AvgIpc) is 2.73. The van der Waals surface area contributed by atoms with E-state index in [1.807, 2.05) is 16.8 Å². The molecule has 2 heterocycles. The lowest BCUT2D eigenvalue weighted by Crippen LogP contribution is -2.49. The Kier molecular flexibility index (Phi) is 6.97. The fourth-order valence-corrected chi connectivity index (χ4v) is 3.75. The van der Waals surface area contributed by atoms with Gasteiger partial charge in [0.25, 0.3) is 5.91 Å². The first-order valence-electron chi connectivity index (χ1n) is 10.1. The van der Waals surface area contributed by atoms with Crippen molar-refractivity contribution >= 4 is 17.5 Å². The summed E-state index contributed by atoms with van der Waals surface area (Å²) in [6, 6.07) is 2.94. The summed E-state index contributed by atoms with van der Waals surface area (Å²) in [4.78, 5) is 29.7. The van der Waals surface area contributed by atoms with Crippen LogP contribution >= 0.6 is 0 Å². The maximum absolute atomic E-state index is 13.1. The first-order chi connectivity index (χ1) is 13.9. The van der Waals surface area contributed by atoms with Gasteiger partial charge < -0.3 is 24.4 Å². The molecule has 0 bridgehead atoms. The number of ether oxygens (including phenoxy) is 3. The summed E-state index contributed by atoms with van der Waals surface area (Å²) >= 11 is 0. The molecule has 1 aromatic carbocycles. The minimum Gasteiger partial charge on any atom is -0.493 e. The Labute approximate surface area is 172 Å². The van der Waals surface area contributed by atoms with Gasteiger partial charge in [-0.25, -0.2) is 0 Å². The molecule has 0 aliphatic carbocycles. The number of morpholine rings is 1.